The van der Waals surface area contributed by atoms with Crippen LogP contribution in [0.25, 0.3) is 0 Å². The normalized spacial score (nSPS) is 12.6. The van der Waals surface area contributed by atoms with Gasteiger partial charge in [0, 0.05) is 18.0 Å². The fourth-order valence-corrected chi connectivity index (χ4v) is 2.68. The Hall–Kier alpha value is -0.650. The minimum Gasteiger partial charge on any atom is -0.271 e. The predicted molar refractivity (Wildman–Crippen MR) is 72.3 cm³/mol. The molecule has 0 aliphatic carbocycles. The number of benzene rings is 1. The Balaban J connectivity index is 2.26. The fraction of sp³-hybridized carbons (Fsp3) is 0.182. The van der Waals surface area contributed by atoms with E-state index in [1.807, 2.05) is 17.5 Å². The van der Waals surface area contributed by atoms with Crippen molar-refractivity contribution < 1.29 is 0 Å². The molecule has 1 unspecified atom stereocenters. The first-order chi connectivity index (χ1) is 8.22. The highest BCUT2D eigenvalue weighted by atomic mass is 35.5. The lowest BCUT2D eigenvalue weighted by Crippen LogP contribution is -2.29. The lowest BCUT2D eigenvalue weighted by Gasteiger charge is -2.17. The molecule has 0 radical (unpaired) electrons. The van der Waals surface area contributed by atoms with Crippen molar-refractivity contribution in [3.63, 3.8) is 0 Å². The summed E-state index contributed by atoms with van der Waals surface area (Å²) >= 11 is 13.7. The van der Waals surface area contributed by atoms with E-state index in [0.717, 1.165) is 10.6 Å². The molecule has 3 nitrogen and oxygen atoms in total. The molecule has 6 heteroatoms. The molecule has 1 heterocycles. The van der Waals surface area contributed by atoms with Gasteiger partial charge in [-0.3, -0.25) is 11.3 Å². The molecular formula is C11H11Cl2N3S. The first-order valence-corrected chi connectivity index (χ1v) is 6.64. The van der Waals surface area contributed by atoms with Crippen LogP contribution >= 0.6 is 34.5 Å². The number of hydrazine groups is 1. The van der Waals surface area contributed by atoms with Gasteiger partial charge >= 0.3 is 0 Å². The first-order valence-electron chi connectivity index (χ1n) is 5.00. The lowest BCUT2D eigenvalue weighted by atomic mass is 10.0. The van der Waals surface area contributed by atoms with Gasteiger partial charge in [0.25, 0.3) is 0 Å². The summed E-state index contributed by atoms with van der Waals surface area (Å²) in [5.41, 5.74) is 3.63. The number of thiazole rings is 1. The summed E-state index contributed by atoms with van der Waals surface area (Å²) in [5.74, 6) is 5.57. The smallest absolute Gasteiger partial charge is 0.0944 e. The van der Waals surface area contributed by atoms with Crippen LogP contribution in [0, 0.1) is 0 Å². The number of nitrogens with zero attached hydrogens (tertiary/aromatic N) is 1. The third kappa shape index (κ3) is 2.97. The van der Waals surface area contributed by atoms with Crippen LogP contribution in [-0.2, 0) is 6.42 Å². The third-order valence-electron chi connectivity index (χ3n) is 2.42. The van der Waals surface area contributed by atoms with Gasteiger partial charge in [-0.1, -0.05) is 35.3 Å². The number of nitrogens with one attached hydrogen (secondary N) is 1. The molecule has 1 aromatic heterocycles. The van der Waals surface area contributed by atoms with Crippen molar-refractivity contribution in [2.75, 3.05) is 0 Å². The van der Waals surface area contributed by atoms with Crippen molar-refractivity contribution in [2.45, 2.75) is 12.5 Å². The topological polar surface area (TPSA) is 50.9 Å². The number of nitrogens with two attached hydrogens (primary N) is 1. The van der Waals surface area contributed by atoms with Crippen molar-refractivity contribution in [1.29, 1.82) is 0 Å². The first kappa shape index (κ1) is 12.8. The van der Waals surface area contributed by atoms with Crippen molar-refractivity contribution >= 4 is 34.5 Å². The van der Waals surface area contributed by atoms with E-state index in [9.17, 15) is 0 Å². The molecule has 0 aliphatic rings. The summed E-state index contributed by atoms with van der Waals surface area (Å²) in [7, 11) is 0. The molecule has 0 bridgehead atoms. The second-order valence-electron chi connectivity index (χ2n) is 3.49. The van der Waals surface area contributed by atoms with Crippen LogP contribution in [0.15, 0.2) is 29.8 Å². The summed E-state index contributed by atoms with van der Waals surface area (Å²) < 4.78 is 0. The van der Waals surface area contributed by atoms with E-state index in [4.69, 9.17) is 29.0 Å². The zero-order chi connectivity index (χ0) is 12.3. The van der Waals surface area contributed by atoms with Gasteiger partial charge < -0.3 is 0 Å². The predicted octanol–water partition coefficient (Wildman–Crippen LogP) is 3.20. The van der Waals surface area contributed by atoms with E-state index in [1.165, 1.54) is 0 Å². The zero-order valence-corrected chi connectivity index (χ0v) is 11.2. The molecule has 2 aromatic rings. The molecule has 90 valence electrons. The minimum absolute atomic E-state index is 0.0904. The Labute approximate surface area is 114 Å². The van der Waals surface area contributed by atoms with E-state index in [0.29, 0.717) is 16.5 Å². The Morgan fingerprint density at radius 2 is 2.24 bits per heavy atom. The van der Waals surface area contributed by atoms with E-state index in [2.05, 4.69) is 10.4 Å². The summed E-state index contributed by atoms with van der Waals surface area (Å²) in [6, 6.07) is 5.43. The molecular weight excluding hydrogens is 277 g/mol. The zero-order valence-electron chi connectivity index (χ0n) is 8.86. The molecule has 0 amide bonds. The third-order valence-corrected chi connectivity index (χ3v) is 4.06. The maximum absolute atomic E-state index is 6.16. The van der Waals surface area contributed by atoms with Crippen LogP contribution in [0.5, 0.6) is 0 Å². The van der Waals surface area contributed by atoms with Crippen molar-refractivity contribution in [3.05, 3.63) is 50.4 Å². The largest absolute Gasteiger partial charge is 0.271 e. The second-order valence-corrected chi connectivity index (χ2v) is 5.26. The number of hydrogen-bond acceptors (Lipinski definition) is 4. The van der Waals surface area contributed by atoms with E-state index >= 15 is 0 Å². The van der Waals surface area contributed by atoms with Gasteiger partial charge in [0.2, 0.25) is 0 Å². The average molecular weight is 288 g/mol. The van der Waals surface area contributed by atoms with Gasteiger partial charge in [-0.15, -0.1) is 11.3 Å². The minimum atomic E-state index is -0.0904. The van der Waals surface area contributed by atoms with Crippen LogP contribution in [0.4, 0.5) is 0 Å². The maximum Gasteiger partial charge on any atom is 0.0944 e. The lowest BCUT2D eigenvalue weighted by molar-refractivity contribution is 0.551. The molecule has 2 rings (SSSR count). The van der Waals surface area contributed by atoms with E-state index in [-0.39, 0.29) is 6.04 Å². The number of hydrogen-bond donors (Lipinski definition) is 2. The van der Waals surface area contributed by atoms with Crippen LogP contribution in [0.1, 0.15) is 16.6 Å². The Morgan fingerprint density at radius 3 is 2.88 bits per heavy atom. The van der Waals surface area contributed by atoms with Gasteiger partial charge in [-0.25, -0.2) is 4.98 Å². The number of aromatic nitrogens is 1. The van der Waals surface area contributed by atoms with Crippen molar-refractivity contribution in [1.82, 2.24) is 10.4 Å². The van der Waals surface area contributed by atoms with Gasteiger partial charge in [0.15, 0.2) is 0 Å². The highest BCUT2D eigenvalue weighted by Crippen LogP contribution is 2.31. The molecule has 0 saturated carbocycles. The quantitative estimate of drug-likeness (QED) is 0.671. The summed E-state index contributed by atoms with van der Waals surface area (Å²) in [6.07, 6.45) is 2.46. The number of halogens is 2. The fourth-order valence-electron chi connectivity index (χ4n) is 1.58. The Morgan fingerprint density at radius 1 is 1.41 bits per heavy atom. The summed E-state index contributed by atoms with van der Waals surface area (Å²) in [6.45, 7) is 0. The molecule has 3 N–H and O–H groups in total. The molecule has 0 spiro atoms. The molecule has 0 saturated heterocycles. The van der Waals surface area contributed by atoms with Gasteiger partial charge in [0.05, 0.1) is 21.1 Å². The maximum atomic E-state index is 6.16. The molecule has 0 aliphatic heterocycles. The standard InChI is InChI=1S/C11H11Cl2N3S/c12-8-3-1-2-7(11(8)13)9(16-14)6-10-15-4-5-17-10/h1-5,9,16H,6,14H2. The monoisotopic (exact) mass is 287 g/mol. The van der Waals surface area contributed by atoms with E-state index in [1.54, 1.807) is 23.6 Å². The highest BCUT2D eigenvalue weighted by molar-refractivity contribution is 7.09. The van der Waals surface area contributed by atoms with E-state index < -0.39 is 0 Å². The second kappa shape index (κ2) is 5.80. The average Bonchev–Trinajstić information content (AvgIpc) is 2.83. The van der Waals surface area contributed by atoms with Crippen LogP contribution < -0.4 is 11.3 Å². The van der Waals surface area contributed by atoms with Crippen LogP contribution in [0.3, 0.4) is 0 Å². The molecule has 0 fully saturated rings. The summed E-state index contributed by atoms with van der Waals surface area (Å²) in [4.78, 5) is 4.23. The Kier molecular flexibility index (Phi) is 4.36. The van der Waals surface area contributed by atoms with Gasteiger partial charge in [-0.05, 0) is 11.6 Å². The van der Waals surface area contributed by atoms with Crippen molar-refractivity contribution in [3.8, 4) is 0 Å². The van der Waals surface area contributed by atoms with Gasteiger partial charge in [-0.2, -0.15) is 0 Å². The molecule has 1 atom stereocenters. The molecule has 17 heavy (non-hydrogen) atoms. The highest BCUT2D eigenvalue weighted by Gasteiger charge is 2.16. The van der Waals surface area contributed by atoms with Crippen LogP contribution in [0.2, 0.25) is 10.0 Å². The van der Waals surface area contributed by atoms with Crippen molar-refractivity contribution in [2.24, 2.45) is 5.84 Å². The summed E-state index contributed by atoms with van der Waals surface area (Å²) in [5, 5.41) is 4.00. The molecule has 1 aromatic carbocycles. The Bertz CT molecular complexity index is 487. The van der Waals surface area contributed by atoms with Gasteiger partial charge in [0.1, 0.15) is 0 Å². The van der Waals surface area contributed by atoms with Crippen LogP contribution in [-0.4, -0.2) is 4.98 Å². The SMILES string of the molecule is NNC(Cc1nccs1)c1cccc(Cl)c1Cl. The number of rotatable bonds is 4.